The molecule has 2 aromatic heterocycles. The second kappa shape index (κ2) is 5.87. The largest absolute Gasteiger partial charge is 0.267 e. The van der Waals surface area contributed by atoms with Crippen molar-refractivity contribution >= 4 is 39.5 Å². The Hall–Kier alpha value is -1.24. The van der Waals surface area contributed by atoms with Gasteiger partial charge in [-0.25, -0.2) is 0 Å². The Bertz CT molecular complexity index is 845. The minimum atomic E-state index is 0.613. The predicted octanol–water partition coefficient (Wildman–Crippen LogP) is 5.29. The smallest absolute Gasteiger partial charge is 0.200 e. The third kappa shape index (κ3) is 2.63. The maximum Gasteiger partial charge on any atom is 0.200 e. The van der Waals surface area contributed by atoms with Crippen LogP contribution in [0.1, 0.15) is 17.4 Å². The summed E-state index contributed by atoms with van der Waals surface area (Å²) in [7, 11) is 0. The Kier molecular flexibility index (Phi) is 4.10. The molecule has 0 amide bonds. The molecule has 0 unspecified atom stereocenters. The van der Waals surface area contributed by atoms with E-state index in [4.69, 9.17) is 12.2 Å². The minimum absolute atomic E-state index is 0.613. The number of thiophene rings is 1. The average molecular weight is 380 g/mol. The standard InChI is InChI=1S/C15H14BrN3S2/c1-3-12-10(16)8-13(21-12)14-17-18-15(20)19(14)11-7-5-4-6-9(11)2/h4-8H,3H2,1-2H3,(H,18,20). The van der Waals surface area contributed by atoms with Crippen LogP contribution in [0.25, 0.3) is 16.4 Å². The second-order valence-corrected chi connectivity index (χ2v) is 7.09. The van der Waals surface area contributed by atoms with Crippen LogP contribution in [0.3, 0.4) is 0 Å². The molecule has 6 heteroatoms. The predicted molar refractivity (Wildman–Crippen MR) is 93.9 cm³/mol. The molecule has 0 atom stereocenters. The number of rotatable bonds is 3. The number of H-pyrrole nitrogens is 1. The summed E-state index contributed by atoms with van der Waals surface area (Å²) in [6.45, 7) is 4.23. The fraction of sp³-hybridized carbons (Fsp3) is 0.200. The van der Waals surface area contributed by atoms with Crippen LogP contribution in [-0.4, -0.2) is 14.8 Å². The third-order valence-electron chi connectivity index (χ3n) is 3.33. The molecule has 0 saturated heterocycles. The molecule has 2 heterocycles. The highest BCUT2D eigenvalue weighted by molar-refractivity contribution is 9.10. The van der Waals surface area contributed by atoms with Crippen LogP contribution >= 0.6 is 39.5 Å². The summed E-state index contributed by atoms with van der Waals surface area (Å²) < 4.78 is 3.75. The lowest BCUT2D eigenvalue weighted by atomic mass is 10.2. The summed E-state index contributed by atoms with van der Waals surface area (Å²) in [5, 5.41) is 7.34. The number of halogens is 1. The normalized spacial score (nSPS) is 11.0. The molecule has 0 aliphatic heterocycles. The minimum Gasteiger partial charge on any atom is -0.267 e. The molecule has 0 saturated carbocycles. The molecule has 1 aromatic carbocycles. The van der Waals surface area contributed by atoms with Gasteiger partial charge in [-0.1, -0.05) is 25.1 Å². The Labute approximate surface area is 140 Å². The first-order valence-corrected chi connectivity index (χ1v) is 8.65. The van der Waals surface area contributed by atoms with Crippen LogP contribution in [0, 0.1) is 11.7 Å². The van der Waals surface area contributed by atoms with Crippen molar-refractivity contribution in [1.82, 2.24) is 14.8 Å². The van der Waals surface area contributed by atoms with E-state index in [0.717, 1.165) is 27.3 Å². The maximum absolute atomic E-state index is 5.42. The van der Waals surface area contributed by atoms with Gasteiger partial charge in [0.05, 0.1) is 10.6 Å². The number of nitrogens with one attached hydrogen (secondary N) is 1. The average Bonchev–Trinajstić information content (AvgIpc) is 3.02. The molecule has 3 nitrogen and oxygen atoms in total. The molecule has 21 heavy (non-hydrogen) atoms. The van der Waals surface area contributed by atoms with Gasteiger partial charge in [0, 0.05) is 9.35 Å². The molecule has 0 aliphatic rings. The number of hydrogen-bond donors (Lipinski definition) is 1. The number of aryl methyl sites for hydroxylation is 2. The van der Waals surface area contributed by atoms with E-state index in [1.807, 2.05) is 16.7 Å². The topological polar surface area (TPSA) is 33.6 Å². The SMILES string of the molecule is CCc1sc(-c2n[nH]c(=S)n2-c2ccccc2C)cc1Br. The van der Waals surface area contributed by atoms with Crippen molar-refractivity contribution in [2.24, 2.45) is 0 Å². The lowest BCUT2D eigenvalue weighted by molar-refractivity contribution is 1.02. The lowest BCUT2D eigenvalue weighted by Gasteiger charge is -2.08. The molecule has 1 N–H and O–H groups in total. The Morgan fingerprint density at radius 3 is 2.81 bits per heavy atom. The van der Waals surface area contributed by atoms with Crippen molar-refractivity contribution in [3.8, 4) is 16.4 Å². The maximum atomic E-state index is 5.42. The number of aromatic amines is 1. The Morgan fingerprint density at radius 1 is 1.38 bits per heavy atom. The number of para-hydroxylation sites is 1. The van der Waals surface area contributed by atoms with Gasteiger partial charge in [0.15, 0.2) is 10.6 Å². The summed E-state index contributed by atoms with van der Waals surface area (Å²) in [4.78, 5) is 2.42. The number of aromatic nitrogens is 3. The van der Waals surface area contributed by atoms with Crippen molar-refractivity contribution in [2.45, 2.75) is 20.3 Å². The van der Waals surface area contributed by atoms with E-state index in [2.05, 4.69) is 58.2 Å². The first-order valence-electron chi connectivity index (χ1n) is 6.63. The Balaban J connectivity index is 2.22. The van der Waals surface area contributed by atoms with Crippen molar-refractivity contribution < 1.29 is 0 Å². The molecular formula is C15H14BrN3S2. The van der Waals surface area contributed by atoms with Crippen LogP contribution in [0.15, 0.2) is 34.8 Å². The van der Waals surface area contributed by atoms with Crippen LogP contribution in [0.4, 0.5) is 0 Å². The molecule has 3 rings (SSSR count). The molecular weight excluding hydrogens is 366 g/mol. The van der Waals surface area contributed by atoms with E-state index in [-0.39, 0.29) is 0 Å². The van der Waals surface area contributed by atoms with Crippen molar-refractivity contribution in [3.05, 3.63) is 50.0 Å². The van der Waals surface area contributed by atoms with Gasteiger partial charge in [-0.2, -0.15) is 5.10 Å². The molecule has 3 aromatic rings. The number of benzene rings is 1. The van der Waals surface area contributed by atoms with E-state index in [0.29, 0.717) is 4.77 Å². The summed E-state index contributed by atoms with van der Waals surface area (Å²) in [6.07, 6.45) is 1.00. The molecule has 0 fully saturated rings. The highest BCUT2D eigenvalue weighted by Crippen LogP contribution is 2.35. The first-order chi connectivity index (χ1) is 10.1. The van der Waals surface area contributed by atoms with Gasteiger partial charge >= 0.3 is 0 Å². The quantitative estimate of drug-likeness (QED) is 0.627. The second-order valence-electron chi connectivity index (χ2n) is 4.71. The fourth-order valence-corrected chi connectivity index (χ4v) is 4.36. The first kappa shape index (κ1) is 14.7. The van der Waals surface area contributed by atoms with Crippen molar-refractivity contribution in [2.75, 3.05) is 0 Å². The molecule has 0 bridgehead atoms. The van der Waals surface area contributed by atoms with Gasteiger partial charge in [0.25, 0.3) is 0 Å². The zero-order chi connectivity index (χ0) is 15.0. The van der Waals surface area contributed by atoms with E-state index in [9.17, 15) is 0 Å². The molecule has 0 aliphatic carbocycles. The van der Waals surface area contributed by atoms with Crippen LogP contribution in [-0.2, 0) is 6.42 Å². The zero-order valence-electron chi connectivity index (χ0n) is 11.7. The fourth-order valence-electron chi connectivity index (χ4n) is 2.26. The van der Waals surface area contributed by atoms with Crippen LogP contribution in [0.2, 0.25) is 0 Å². The summed E-state index contributed by atoms with van der Waals surface area (Å²) in [5.74, 6) is 0.861. The Morgan fingerprint density at radius 2 is 2.14 bits per heavy atom. The van der Waals surface area contributed by atoms with Gasteiger partial charge < -0.3 is 0 Å². The lowest BCUT2D eigenvalue weighted by Crippen LogP contribution is -1.99. The highest BCUT2D eigenvalue weighted by Gasteiger charge is 2.15. The van der Waals surface area contributed by atoms with E-state index in [1.54, 1.807) is 11.3 Å². The van der Waals surface area contributed by atoms with Gasteiger partial charge in [0.1, 0.15) is 0 Å². The van der Waals surface area contributed by atoms with Gasteiger partial charge in [-0.05, 0) is 59.2 Å². The molecule has 0 radical (unpaired) electrons. The van der Waals surface area contributed by atoms with E-state index >= 15 is 0 Å². The van der Waals surface area contributed by atoms with E-state index < -0.39 is 0 Å². The monoisotopic (exact) mass is 379 g/mol. The van der Waals surface area contributed by atoms with Crippen molar-refractivity contribution in [3.63, 3.8) is 0 Å². The molecule has 108 valence electrons. The van der Waals surface area contributed by atoms with Crippen molar-refractivity contribution in [1.29, 1.82) is 0 Å². The zero-order valence-corrected chi connectivity index (χ0v) is 14.9. The highest BCUT2D eigenvalue weighted by atomic mass is 79.9. The van der Waals surface area contributed by atoms with Crippen LogP contribution in [0.5, 0.6) is 0 Å². The van der Waals surface area contributed by atoms with Gasteiger partial charge in [0.2, 0.25) is 0 Å². The van der Waals surface area contributed by atoms with Crippen LogP contribution < -0.4 is 0 Å². The van der Waals surface area contributed by atoms with Gasteiger partial charge in [-0.3, -0.25) is 9.67 Å². The summed E-state index contributed by atoms with van der Waals surface area (Å²) in [5.41, 5.74) is 2.23. The summed E-state index contributed by atoms with van der Waals surface area (Å²) in [6, 6.07) is 10.3. The molecule has 0 spiro atoms. The number of hydrogen-bond acceptors (Lipinski definition) is 3. The van der Waals surface area contributed by atoms with E-state index in [1.165, 1.54) is 10.4 Å². The summed E-state index contributed by atoms with van der Waals surface area (Å²) >= 11 is 10.8. The van der Waals surface area contributed by atoms with Gasteiger partial charge in [-0.15, -0.1) is 11.3 Å². The number of nitrogens with zero attached hydrogens (tertiary/aromatic N) is 2. The third-order valence-corrected chi connectivity index (χ3v) is 5.85.